The van der Waals surface area contributed by atoms with E-state index in [4.69, 9.17) is 9.15 Å². The highest BCUT2D eigenvalue weighted by Crippen LogP contribution is 2.44. The molecule has 32 heavy (non-hydrogen) atoms. The normalized spacial score (nSPS) is 23.8. The summed E-state index contributed by atoms with van der Waals surface area (Å²) in [7, 11) is 0. The highest BCUT2D eigenvalue weighted by atomic mass is 16.5. The van der Waals surface area contributed by atoms with Gasteiger partial charge < -0.3 is 14.1 Å². The Morgan fingerprint density at radius 2 is 1.81 bits per heavy atom. The van der Waals surface area contributed by atoms with Crippen LogP contribution in [0.3, 0.4) is 0 Å². The molecule has 0 radical (unpaired) electrons. The van der Waals surface area contributed by atoms with Crippen LogP contribution < -0.4 is 4.74 Å². The monoisotopic (exact) mass is 435 g/mol. The average molecular weight is 436 g/mol. The molecule has 6 rings (SSSR count). The molecule has 2 aromatic rings. The Hall–Kier alpha value is -1.88. The standard InChI is InChI=1S/C27H37N3O2/c1-27(13-15-30(16-14-27)22-3-2-4-22)12-11-21-17-23(9-10-24(21)19-5-6-19)31-18-25-28-29-26(32-25)20-7-8-20/h9-10,17,19-20,22H,2-8,11-16,18H2,1H3. The molecule has 5 heteroatoms. The molecule has 2 heterocycles. The minimum Gasteiger partial charge on any atom is -0.484 e. The number of rotatable bonds is 9. The molecular formula is C27H37N3O2. The van der Waals surface area contributed by atoms with E-state index in [9.17, 15) is 0 Å². The first-order valence-electron chi connectivity index (χ1n) is 13.0. The highest BCUT2D eigenvalue weighted by molar-refractivity contribution is 5.40. The van der Waals surface area contributed by atoms with Gasteiger partial charge in [-0.2, -0.15) is 0 Å². The molecule has 1 aromatic carbocycles. The molecule has 3 aliphatic carbocycles. The van der Waals surface area contributed by atoms with E-state index >= 15 is 0 Å². The molecular weight excluding hydrogens is 398 g/mol. The summed E-state index contributed by atoms with van der Waals surface area (Å²) in [6.45, 7) is 5.48. The number of hydrogen-bond donors (Lipinski definition) is 0. The molecule has 0 amide bonds. The zero-order valence-electron chi connectivity index (χ0n) is 19.5. The molecule has 0 atom stereocenters. The Balaban J connectivity index is 1.08. The van der Waals surface area contributed by atoms with Gasteiger partial charge in [0.15, 0.2) is 6.61 Å². The minimum atomic E-state index is 0.358. The van der Waals surface area contributed by atoms with Crippen LogP contribution in [0, 0.1) is 5.41 Å². The first-order valence-corrected chi connectivity index (χ1v) is 13.0. The first-order chi connectivity index (χ1) is 15.7. The summed E-state index contributed by atoms with van der Waals surface area (Å²) in [6.07, 6.45) is 14.5. The molecule has 1 saturated heterocycles. The SMILES string of the molecule is CC1(CCc2cc(OCc3nnc(C4CC4)o3)ccc2C2CC2)CCN(C2CCC2)CC1. The minimum absolute atomic E-state index is 0.358. The third kappa shape index (κ3) is 4.59. The van der Waals surface area contributed by atoms with Crippen molar-refractivity contribution in [2.45, 2.75) is 102 Å². The molecule has 4 aliphatic rings. The van der Waals surface area contributed by atoms with Crippen molar-refractivity contribution < 1.29 is 9.15 Å². The van der Waals surface area contributed by atoms with Crippen LogP contribution in [0.2, 0.25) is 0 Å². The summed E-state index contributed by atoms with van der Waals surface area (Å²) in [5.74, 6) is 3.56. The lowest BCUT2D eigenvalue weighted by Gasteiger charge is -2.45. The largest absolute Gasteiger partial charge is 0.484 e. The highest BCUT2D eigenvalue weighted by Gasteiger charge is 2.35. The van der Waals surface area contributed by atoms with E-state index in [0.29, 0.717) is 23.8 Å². The van der Waals surface area contributed by atoms with E-state index in [1.807, 2.05) is 0 Å². The van der Waals surface area contributed by atoms with Gasteiger partial charge in [0.2, 0.25) is 5.89 Å². The average Bonchev–Trinajstić information content (AvgIpc) is 3.70. The quantitative estimate of drug-likeness (QED) is 0.484. The van der Waals surface area contributed by atoms with Gasteiger partial charge in [0.25, 0.3) is 5.89 Å². The van der Waals surface area contributed by atoms with Gasteiger partial charge in [-0.05, 0) is 112 Å². The van der Waals surface area contributed by atoms with Crippen LogP contribution in [0.1, 0.15) is 106 Å². The summed E-state index contributed by atoms with van der Waals surface area (Å²) < 4.78 is 11.8. The molecule has 3 saturated carbocycles. The van der Waals surface area contributed by atoms with Crippen LogP contribution in [-0.4, -0.2) is 34.2 Å². The third-order valence-corrected chi connectivity index (χ3v) is 8.50. The number of ether oxygens (including phenoxy) is 1. The lowest BCUT2D eigenvalue weighted by atomic mass is 9.74. The van der Waals surface area contributed by atoms with Crippen LogP contribution in [0.5, 0.6) is 5.75 Å². The summed E-state index contributed by atoms with van der Waals surface area (Å²) >= 11 is 0. The second-order valence-corrected chi connectivity index (χ2v) is 11.2. The zero-order chi connectivity index (χ0) is 21.5. The zero-order valence-corrected chi connectivity index (χ0v) is 19.5. The maximum absolute atomic E-state index is 6.07. The Morgan fingerprint density at radius 1 is 1.03 bits per heavy atom. The molecule has 0 bridgehead atoms. The number of aromatic nitrogens is 2. The van der Waals surface area contributed by atoms with Gasteiger partial charge in [-0.25, -0.2) is 0 Å². The van der Waals surface area contributed by atoms with E-state index in [2.05, 4.69) is 40.2 Å². The van der Waals surface area contributed by atoms with E-state index in [-0.39, 0.29) is 0 Å². The van der Waals surface area contributed by atoms with Crippen LogP contribution in [0.4, 0.5) is 0 Å². The number of likely N-dealkylation sites (tertiary alicyclic amines) is 1. The smallest absolute Gasteiger partial charge is 0.253 e. The fourth-order valence-corrected chi connectivity index (χ4v) is 5.51. The molecule has 0 unspecified atom stereocenters. The van der Waals surface area contributed by atoms with Gasteiger partial charge in [-0.3, -0.25) is 0 Å². The van der Waals surface area contributed by atoms with Crippen molar-refractivity contribution in [1.82, 2.24) is 15.1 Å². The molecule has 0 spiro atoms. The summed E-state index contributed by atoms with van der Waals surface area (Å²) in [6, 6.07) is 7.63. The van der Waals surface area contributed by atoms with Gasteiger partial charge in [-0.1, -0.05) is 19.4 Å². The predicted molar refractivity (Wildman–Crippen MR) is 124 cm³/mol. The van der Waals surface area contributed by atoms with E-state index in [1.165, 1.54) is 82.9 Å². The van der Waals surface area contributed by atoms with Crippen LogP contribution >= 0.6 is 0 Å². The van der Waals surface area contributed by atoms with Gasteiger partial charge >= 0.3 is 0 Å². The Bertz CT molecular complexity index is 934. The molecule has 1 aliphatic heterocycles. The second-order valence-electron chi connectivity index (χ2n) is 11.2. The molecule has 1 aromatic heterocycles. The maximum Gasteiger partial charge on any atom is 0.253 e. The summed E-state index contributed by atoms with van der Waals surface area (Å²) in [5.41, 5.74) is 3.53. The third-order valence-electron chi connectivity index (χ3n) is 8.50. The van der Waals surface area contributed by atoms with Crippen LogP contribution in [0.15, 0.2) is 22.6 Å². The lowest BCUT2D eigenvalue weighted by molar-refractivity contribution is 0.0474. The van der Waals surface area contributed by atoms with E-state index in [1.54, 1.807) is 5.56 Å². The Labute approximate surface area is 191 Å². The maximum atomic E-state index is 6.07. The van der Waals surface area contributed by atoms with Crippen molar-refractivity contribution in [3.63, 3.8) is 0 Å². The topological polar surface area (TPSA) is 51.4 Å². The number of benzene rings is 1. The van der Waals surface area contributed by atoms with Crippen molar-refractivity contribution in [3.8, 4) is 5.75 Å². The van der Waals surface area contributed by atoms with Crippen molar-refractivity contribution in [2.75, 3.05) is 13.1 Å². The van der Waals surface area contributed by atoms with Crippen LogP contribution in [0.25, 0.3) is 0 Å². The van der Waals surface area contributed by atoms with Crippen molar-refractivity contribution in [1.29, 1.82) is 0 Å². The molecule has 172 valence electrons. The number of piperidine rings is 1. The van der Waals surface area contributed by atoms with Gasteiger partial charge in [-0.15, -0.1) is 10.2 Å². The second kappa shape index (κ2) is 8.48. The lowest BCUT2D eigenvalue weighted by Crippen LogP contribution is -2.47. The van der Waals surface area contributed by atoms with Gasteiger partial charge in [0.1, 0.15) is 5.75 Å². The van der Waals surface area contributed by atoms with Crippen molar-refractivity contribution >= 4 is 0 Å². The Kier molecular flexibility index (Phi) is 5.49. The van der Waals surface area contributed by atoms with Crippen molar-refractivity contribution in [2.24, 2.45) is 5.41 Å². The fraction of sp³-hybridized carbons (Fsp3) is 0.704. The first kappa shape index (κ1) is 20.7. The van der Waals surface area contributed by atoms with Crippen LogP contribution in [-0.2, 0) is 13.0 Å². The number of aryl methyl sites for hydroxylation is 1. The van der Waals surface area contributed by atoms with E-state index < -0.39 is 0 Å². The Morgan fingerprint density at radius 3 is 2.50 bits per heavy atom. The van der Waals surface area contributed by atoms with Gasteiger partial charge in [0, 0.05) is 12.0 Å². The number of nitrogens with zero attached hydrogens (tertiary/aromatic N) is 3. The molecule has 4 fully saturated rings. The summed E-state index contributed by atoms with van der Waals surface area (Å²) in [4.78, 5) is 2.77. The van der Waals surface area contributed by atoms with Crippen molar-refractivity contribution in [3.05, 3.63) is 41.1 Å². The van der Waals surface area contributed by atoms with Gasteiger partial charge in [0.05, 0.1) is 0 Å². The number of hydrogen-bond acceptors (Lipinski definition) is 5. The fourth-order valence-electron chi connectivity index (χ4n) is 5.51. The van der Waals surface area contributed by atoms with E-state index in [0.717, 1.165) is 30.0 Å². The summed E-state index contributed by atoms with van der Waals surface area (Å²) in [5, 5.41) is 8.33. The molecule has 5 nitrogen and oxygen atoms in total. The molecule has 0 N–H and O–H groups in total. The predicted octanol–water partition coefficient (Wildman–Crippen LogP) is 5.99.